The Kier molecular flexibility index (Phi) is 18.1. The molecule has 6 rings (SSSR count). The van der Waals surface area contributed by atoms with Crippen LogP contribution < -0.4 is 32.7 Å². The molecule has 4 aromatic carbocycles. The molecular formula is C39H46N4O2P2Pd+2. The van der Waals surface area contributed by atoms with Gasteiger partial charge in [-0.15, -0.1) is 13.1 Å². The summed E-state index contributed by atoms with van der Waals surface area (Å²) in [5, 5.41) is 14.0. The molecule has 1 saturated heterocycles. The van der Waals surface area contributed by atoms with E-state index in [9.17, 15) is 9.59 Å². The molecule has 0 radical (unpaired) electrons. The van der Waals surface area contributed by atoms with Gasteiger partial charge in [-0.05, 0) is 60.5 Å². The van der Waals surface area contributed by atoms with Crippen molar-refractivity contribution in [3.8, 4) is 0 Å². The van der Waals surface area contributed by atoms with Crippen LogP contribution in [-0.2, 0) is 30.0 Å². The number of nitrogens with two attached hydrogens (primary N) is 2. The predicted octanol–water partition coefficient (Wildman–Crippen LogP) is 5.66. The van der Waals surface area contributed by atoms with Gasteiger partial charge in [0.1, 0.15) is 0 Å². The predicted molar refractivity (Wildman–Crippen MR) is 205 cm³/mol. The van der Waals surface area contributed by atoms with E-state index in [1.807, 2.05) is 0 Å². The molecule has 0 saturated carbocycles. The van der Waals surface area contributed by atoms with Gasteiger partial charge in [-0.25, -0.2) is 0 Å². The van der Waals surface area contributed by atoms with Crippen molar-refractivity contribution in [2.45, 2.75) is 19.3 Å². The molecule has 2 aliphatic heterocycles. The molecule has 0 spiro atoms. The molecule has 6 nitrogen and oxygen atoms in total. The van der Waals surface area contributed by atoms with Gasteiger partial charge in [0.2, 0.25) is 11.8 Å². The summed E-state index contributed by atoms with van der Waals surface area (Å²) in [6.45, 7) is 1.98. The van der Waals surface area contributed by atoms with Gasteiger partial charge in [0.05, 0.1) is 49.4 Å². The van der Waals surface area contributed by atoms with Crippen molar-refractivity contribution in [1.29, 1.82) is 0 Å². The minimum absolute atomic E-state index is 0. The van der Waals surface area contributed by atoms with Gasteiger partial charge in [-0.2, -0.15) is 6.20 Å². The smallest absolute Gasteiger partial charge is 0.687 e. The van der Waals surface area contributed by atoms with Crippen LogP contribution in [0.15, 0.2) is 145 Å². The number of hydrogen-bond donors (Lipinski definition) is 2. The number of benzene rings is 4. The summed E-state index contributed by atoms with van der Waals surface area (Å²) < 4.78 is 0. The number of allylic oxidation sites excluding steroid dienone is 2. The number of rotatable bonds is 10. The Labute approximate surface area is 302 Å². The van der Waals surface area contributed by atoms with Crippen LogP contribution in [0, 0.1) is 5.92 Å². The molecule has 0 aliphatic carbocycles. The van der Waals surface area contributed by atoms with E-state index in [2.05, 4.69) is 132 Å². The van der Waals surface area contributed by atoms with E-state index in [-0.39, 0.29) is 38.2 Å². The van der Waals surface area contributed by atoms with Crippen LogP contribution in [0.25, 0.3) is 10.6 Å². The average molecular weight is 771 g/mol. The third kappa shape index (κ3) is 13.2. The summed E-state index contributed by atoms with van der Waals surface area (Å²) in [5.74, 6) is -0.555. The first kappa shape index (κ1) is 39.0. The maximum atomic E-state index is 10.5. The third-order valence-corrected chi connectivity index (χ3v) is 13.9. The summed E-state index contributed by atoms with van der Waals surface area (Å²) in [6, 6.07) is 44.6. The zero-order chi connectivity index (χ0) is 33.1. The van der Waals surface area contributed by atoms with Crippen molar-refractivity contribution in [3.63, 3.8) is 0 Å². The molecular weight excluding hydrogens is 725 g/mol. The molecule has 1 atom stereocenters. The number of hydrogen-bond acceptors (Lipinski definition) is 2. The second-order valence-corrected chi connectivity index (χ2v) is 16.6. The summed E-state index contributed by atoms with van der Waals surface area (Å²) >= 11 is 0. The molecule has 4 aromatic rings. The largest absolute Gasteiger partial charge is 2.00 e. The Morgan fingerprint density at radius 1 is 0.688 bits per heavy atom. The Hall–Kier alpha value is -3.42. The molecule has 252 valence electrons. The summed E-state index contributed by atoms with van der Waals surface area (Å²) in [6.07, 6.45) is 10.8. The van der Waals surface area contributed by atoms with E-state index in [4.69, 9.17) is 11.5 Å². The van der Waals surface area contributed by atoms with Crippen LogP contribution in [0.1, 0.15) is 19.3 Å². The van der Waals surface area contributed by atoms with E-state index in [0.717, 1.165) is 19.4 Å². The normalized spacial score (nSPS) is 15.0. The molecule has 0 aromatic heterocycles. The first-order valence-corrected chi connectivity index (χ1v) is 19.6. The summed E-state index contributed by atoms with van der Waals surface area (Å²) in [5.41, 5.74) is 10.6. The van der Waals surface area contributed by atoms with E-state index in [1.165, 1.54) is 40.0 Å². The topological polar surface area (TPSA) is 114 Å². The quantitative estimate of drug-likeness (QED) is 0.160. The Morgan fingerprint density at radius 2 is 1.12 bits per heavy atom. The minimum atomic E-state index is -0.742. The van der Waals surface area contributed by atoms with Gasteiger partial charge in [-0.3, -0.25) is 9.59 Å². The van der Waals surface area contributed by atoms with E-state index in [0.29, 0.717) is 18.7 Å². The Balaban J connectivity index is 0.000000268. The fourth-order valence-corrected chi connectivity index (χ4v) is 11.1. The SMILES string of the molecule is NC(=O)C1=CC=C[N-]C1.NC(=O)C1CCC[N-]C1.[Pd+2].c1ccc([PH+](CCC[PH+](c2ccccc2)c2ccccc2)c2ccccc2)cc1. The van der Waals surface area contributed by atoms with Crippen molar-refractivity contribution < 1.29 is 30.0 Å². The standard InChI is InChI=1S/C27H26P2.C6H11N2O.C6H8N2O.Pd/c1-5-14-24(15-6-1)28(25-16-7-2-8-17-25)22-13-23-29(26-18-9-3-10-19-26)27-20-11-4-12-21-27;2*7-6(9)5-2-1-3-8-4-5;/h1-12,14-21H,13,22-23H2;5H,1-4H2,(H2,7,9);1-3H,4H2,(H3,7,8,9);/q;-1;;+2/p+1. The number of primary amides is 2. The van der Waals surface area contributed by atoms with Gasteiger partial charge >= 0.3 is 20.4 Å². The minimum Gasteiger partial charge on any atom is -0.687 e. The molecule has 2 amide bonds. The Morgan fingerprint density at radius 3 is 1.40 bits per heavy atom. The second-order valence-electron chi connectivity index (χ2n) is 11.4. The van der Waals surface area contributed by atoms with Gasteiger partial charge in [0.25, 0.3) is 0 Å². The first-order valence-electron chi connectivity index (χ1n) is 16.2. The van der Waals surface area contributed by atoms with Crippen molar-refractivity contribution in [3.05, 3.63) is 156 Å². The maximum Gasteiger partial charge on any atom is 2.00 e. The maximum absolute atomic E-state index is 10.5. The Bertz CT molecular complexity index is 1390. The fraction of sp³-hybridized carbons (Fsp3) is 0.231. The zero-order valence-electron chi connectivity index (χ0n) is 27.2. The summed E-state index contributed by atoms with van der Waals surface area (Å²) in [4.78, 5) is 20.9. The van der Waals surface area contributed by atoms with Gasteiger partial charge in [-0.1, -0.05) is 97.9 Å². The van der Waals surface area contributed by atoms with E-state index < -0.39 is 15.8 Å². The second kappa shape index (κ2) is 22.3. The molecule has 4 N–H and O–H groups in total. The van der Waals surface area contributed by atoms with Crippen LogP contribution in [-0.4, -0.2) is 43.8 Å². The van der Waals surface area contributed by atoms with Crippen molar-refractivity contribution in [2.24, 2.45) is 17.4 Å². The zero-order valence-corrected chi connectivity index (χ0v) is 30.7. The van der Waals surface area contributed by atoms with E-state index >= 15 is 0 Å². The molecule has 2 aliphatic rings. The molecule has 9 heteroatoms. The molecule has 2 heterocycles. The van der Waals surface area contributed by atoms with Crippen molar-refractivity contribution >= 4 is 48.9 Å². The third-order valence-electron chi connectivity index (χ3n) is 8.03. The van der Waals surface area contributed by atoms with Crippen LogP contribution in [0.2, 0.25) is 0 Å². The van der Waals surface area contributed by atoms with E-state index in [1.54, 1.807) is 18.4 Å². The molecule has 1 fully saturated rings. The molecule has 0 bridgehead atoms. The molecule has 48 heavy (non-hydrogen) atoms. The number of carbonyl (C=O) groups is 2. The van der Waals surface area contributed by atoms with Crippen LogP contribution >= 0.6 is 15.8 Å². The monoisotopic (exact) mass is 770 g/mol. The van der Waals surface area contributed by atoms with Gasteiger partial charge < -0.3 is 22.1 Å². The molecule has 1 unspecified atom stereocenters. The van der Waals surface area contributed by atoms with Gasteiger partial charge in [0.15, 0.2) is 0 Å². The number of carbonyl (C=O) groups excluding carboxylic acids is 2. The number of nitrogens with zero attached hydrogens (tertiary/aromatic N) is 2. The average Bonchev–Trinajstić information content (AvgIpc) is 3.14. The number of piperidine rings is 1. The first-order chi connectivity index (χ1) is 23.0. The van der Waals surface area contributed by atoms with Crippen LogP contribution in [0.5, 0.6) is 0 Å². The van der Waals surface area contributed by atoms with Crippen LogP contribution in [0.4, 0.5) is 0 Å². The van der Waals surface area contributed by atoms with Crippen molar-refractivity contribution in [1.82, 2.24) is 0 Å². The van der Waals surface area contributed by atoms with Gasteiger partial charge in [0, 0.05) is 12.3 Å². The summed E-state index contributed by atoms with van der Waals surface area (Å²) in [7, 11) is -1.48. The fourth-order valence-electron chi connectivity index (χ4n) is 5.51. The van der Waals surface area contributed by atoms with Crippen LogP contribution in [0.3, 0.4) is 0 Å². The number of amides is 2. The van der Waals surface area contributed by atoms with Crippen molar-refractivity contribution in [2.75, 3.05) is 32.0 Å².